The Balaban J connectivity index is 2.60. The molecular weight excluding hydrogens is 266 g/mol. The topological polar surface area (TPSA) is 65.6 Å². The lowest BCUT2D eigenvalue weighted by molar-refractivity contribution is -0.120. The van der Waals surface area contributed by atoms with Gasteiger partial charge in [-0.3, -0.25) is 9.48 Å². The fraction of sp³-hybridized carbons (Fsp3) is 0.467. The van der Waals surface area contributed by atoms with E-state index < -0.39 is 5.41 Å². The average Bonchev–Trinajstić information content (AvgIpc) is 2.97. The first-order valence-corrected chi connectivity index (χ1v) is 6.83. The molecule has 2 heterocycles. The van der Waals surface area contributed by atoms with Crippen LogP contribution in [0.5, 0.6) is 0 Å². The van der Waals surface area contributed by atoms with E-state index in [1.807, 2.05) is 52.4 Å². The number of allylic oxidation sites excluding steroid dienone is 1. The minimum atomic E-state index is -0.498. The normalized spacial score (nSPS) is 12.8. The third-order valence-electron chi connectivity index (χ3n) is 3.43. The van der Waals surface area contributed by atoms with E-state index in [1.54, 1.807) is 0 Å². The monoisotopic (exact) mass is 287 g/mol. The summed E-state index contributed by atoms with van der Waals surface area (Å²) in [6, 6.07) is 0. The Morgan fingerprint density at radius 2 is 1.95 bits per heavy atom. The molecule has 0 fully saturated rings. The number of aromatic nitrogens is 5. The lowest BCUT2D eigenvalue weighted by atomic mass is 9.88. The molecule has 6 nitrogen and oxygen atoms in total. The van der Waals surface area contributed by atoms with Gasteiger partial charge in [-0.2, -0.15) is 10.2 Å². The van der Waals surface area contributed by atoms with Gasteiger partial charge in [-0.15, -0.1) is 0 Å². The Labute approximate surface area is 124 Å². The summed E-state index contributed by atoms with van der Waals surface area (Å²) in [7, 11) is 1.89. The molecule has 6 heteroatoms. The number of carbonyl (C=O) groups is 1. The highest BCUT2D eigenvalue weighted by molar-refractivity contribution is 6.21. The molecule has 0 aliphatic carbocycles. The van der Waals surface area contributed by atoms with Crippen LogP contribution in [-0.2, 0) is 11.8 Å². The van der Waals surface area contributed by atoms with Gasteiger partial charge in [-0.25, -0.2) is 9.67 Å². The van der Waals surface area contributed by atoms with E-state index in [2.05, 4.69) is 15.2 Å². The van der Waals surface area contributed by atoms with E-state index >= 15 is 0 Å². The second-order valence-electron chi connectivity index (χ2n) is 6.16. The van der Waals surface area contributed by atoms with E-state index in [0.29, 0.717) is 5.70 Å². The number of hydrogen-bond donors (Lipinski definition) is 0. The number of aryl methyl sites for hydroxylation is 2. The van der Waals surface area contributed by atoms with Crippen LogP contribution in [0.2, 0.25) is 0 Å². The van der Waals surface area contributed by atoms with Gasteiger partial charge in [0, 0.05) is 23.7 Å². The van der Waals surface area contributed by atoms with Gasteiger partial charge in [-0.05, 0) is 19.9 Å². The summed E-state index contributed by atoms with van der Waals surface area (Å²) in [6.07, 6.45) is 4.81. The zero-order chi connectivity index (χ0) is 15.8. The molecule has 0 saturated carbocycles. The molecule has 21 heavy (non-hydrogen) atoms. The largest absolute Gasteiger partial charge is 0.292 e. The van der Waals surface area contributed by atoms with Crippen molar-refractivity contribution in [2.24, 2.45) is 12.5 Å². The van der Waals surface area contributed by atoms with Crippen molar-refractivity contribution in [3.63, 3.8) is 0 Å². The Morgan fingerprint density at radius 1 is 1.29 bits per heavy atom. The molecule has 2 rings (SSSR count). The van der Waals surface area contributed by atoms with Crippen molar-refractivity contribution >= 4 is 17.6 Å². The minimum Gasteiger partial charge on any atom is -0.292 e. The van der Waals surface area contributed by atoms with Gasteiger partial charge in [0.1, 0.15) is 18.4 Å². The van der Waals surface area contributed by atoms with E-state index in [9.17, 15) is 4.79 Å². The highest BCUT2D eigenvalue weighted by atomic mass is 16.1. The summed E-state index contributed by atoms with van der Waals surface area (Å²) in [5.41, 5.74) is 2.84. The Bertz CT molecular complexity index is 686. The number of hydrogen-bond acceptors (Lipinski definition) is 4. The quantitative estimate of drug-likeness (QED) is 0.812. The fourth-order valence-electron chi connectivity index (χ4n) is 2.09. The molecule has 0 N–H and O–H groups in total. The molecule has 0 amide bonds. The summed E-state index contributed by atoms with van der Waals surface area (Å²) >= 11 is 0. The zero-order valence-corrected chi connectivity index (χ0v) is 13.4. The molecule has 0 aliphatic heterocycles. The van der Waals surface area contributed by atoms with Crippen molar-refractivity contribution in [2.75, 3.05) is 0 Å². The Morgan fingerprint density at radius 3 is 2.38 bits per heavy atom. The smallest absolute Gasteiger partial charge is 0.186 e. The predicted octanol–water partition coefficient (Wildman–Crippen LogP) is 2.24. The van der Waals surface area contributed by atoms with Crippen LogP contribution in [0.25, 0.3) is 11.8 Å². The summed E-state index contributed by atoms with van der Waals surface area (Å²) in [4.78, 5) is 16.7. The lowest BCUT2D eigenvalue weighted by Gasteiger charge is -2.18. The molecule has 0 spiro atoms. The van der Waals surface area contributed by atoms with Crippen LogP contribution in [-0.4, -0.2) is 30.3 Å². The molecule has 0 aromatic carbocycles. The predicted molar refractivity (Wildman–Crippen MR) is 81.3 cm³/mol. The van der Waals surface area contributed by atoms with Gasteiger partial charge in [0.15, 0.2) is 5.78 Å². The van der Waals surface area contributed by atoms with Crippen molar-refractivity contribution in [1.29, 1.82) is 0 Å². The molecule has 112 valence electrons. The molecular formula is C15H21N5O. The number of ketones is 1. The van der Waals surface area contributed by atoms with Gasteiger partial charge in [0.05, 0.1) is 5.69 Å². The number of Topliss-reactive ketones (excluding diaryl/α,β-unsaturated/α-hetero) is 1. The standard InChI is InChI=1S/C15H21N5O/c1-10-12(11(2)19(6)18-10)7-13(14(21)15(3,4)5)20-9-16-8-17-20/h7-9H,1-6H3/b13-7+. The maximum Gasteiger partial charge on any atom is 0.186 e. The van der Waals surface area contributed by atoms with Crippen LogP contribution in [0.1, 0.15) is 37.7 Å². The molecule has 0 unspecified atom stereocenters. The first kappa shape index (κ1) is 15.2. The number of rotatable bonds is 3. The van der Waals surface area contributed by atoms with Gasteiger partial charge >= 0.3 is 0 Å². The molecule has 0 saturated heterocycles. The van der Waals surface area contributed by atoms with Crippen LogP contribution >= 0.6 is 0 Å². The van der Waals surface area contributed by atoms with E-state index in [-0.39, 0.29) is 5.78 Å². The summed E-state index contributed by atoms with van der Waals surface area (Å²) in [6.45, 7) is 9.58. The zero-order valence-electron chi connectivity index (χ0n) is 13.4. The Kier molecular flexibility index (Phi) is 3.80. The number of carbonyl (C=O) groups excluding carboxylic acids is 1. The average molecular weight is 287 g/mol. The van der Waals surface area contributed by atoms with Crippen molar-refractivity contribution in [2.45, 2.75) is 34.6 Å². The first-order valence-electron chi connectivity index (χ1n) is 6.83. The Hall–Kier alpha value is -2.24. The van der Waals surface area contributed by atoms with Crippen LogP contribution < -0.4 is 0 Å². The second-order valence-corrected chi connectivity index (χ2v) is 6.16. The molecule has 0 atom stereocenters. The van der Waals surface area contributed by atoms with Crippen molar-refractivity contribution in [3.05, 3.63) is 29.6 Å². The van der Waals surface area contributed by atoms with E-state index in [0.717, 1.165) is 17.0 Å². The van der Waals surface area contributed by atoms with Crippen LogP contribution in [0.4, 0.5) is 0 Å². The molecule has 0 radical (unpaired) electrons. The SMILES string of the molecule is Cc1nn(C)c(C)c1/C=C(\C(=O)C(C)(C)C)n1cncn1. The molecule has 0 aliphatic rings. The summed E-state index contributed by atoms with van der Waals surface area (Å²) in [5.74, 6) is 0.00986. The van der Waals surface area contributed by atoms with Crippen molar-refractivity contribution in [3.8, 4) is 0 Å². The molecule has 2 aromatic heterocycles. The molecule has 2 aromatic rings. The summed E-state index contributed by atoms with van der Waals surface area (Å²) in [5, 5.41) is 8.48. The van der Waals surface area contributed by atoms with Crippen LogP contribution in [0.3, 0.4) is 0 Å². The van der Waals surface area contributed by atoms with Gasteiger partial charge < -0.3 is 0 Å². The molecule has 0 bridgehead atoms. The summed E-state index contributed by atoms with van der Waals surface area (Å²) < 4.78 is 3.32. The number of nitrogens with zero attached hydrogens (tertiary/aromatic N) is 5. The third kappa shape index (κ3) is 2.94. The highest BCUT2D eigenvalue weighted by Crippen LogP contribution is 2.25. The van der Waals surface area contributed by atoms with Gasteiger partial charge in [0.25, 0.3) is 0 Å². The van der Waals surface area contributed by atoms with E-state index in [4.69, 9.17) is 0 Å². The van der Waals surface area contributed by atoms with Gasteiger partial charge in [-0.1, -0.05) is 20.8 Å². The highest BCUT2D eigenvalue weighted by Gasteiger charge is 2.27. The van der Waals surface area contributed by atoms with Crippen molar-refractivity contribution in [1.82, 2.24) is 24.5 Å². The van der Waals surface area contributed by atoms with Crippen LogP contribution in [0.15, 0.2) is 12.7 Å². The maximum atomic E-state index is 12.7. The van der Waals surface area contributed by atoms with Crippen LogP contribution in [0, 0.1) is 19.3 Å². The van der Waals surface area contributed by atoms with Crippen molar-refractivity contribution < 1.29 is 4.79 Å². The van der Waals surface area contributed by atoms with E-state index in [1.165, 1.54) is 17.3 Å². The third-order valence-corrected chi connectivity index (χ3v) is 3.43. The first-order chi connectivity index (χ1) is 9.71. The minimum absolute atomic E-state index is 0.00986. The van der Waals surface area contributed by atoms with Gasteiger partial charge in [0.2, 0.25) is 0 Å². The second kappa shape index (κ2) is 5.27. The lowest BCUT2D eigenvalue weighted by Crippen LogP contribution is -2.24. The maximum absolute atomic E-state index is 12.7. The fourth-order valence-corrected chi connectivity index (χ4v) is 2.09.